The maximum atomic E-state index is 14.2. The van der Waals surface area contributed by atoms with E-state index in [-0.39, 0.29) is 34.8 Å². The van der Waals surface area contributed by atoms with E-state index in [1.165, 1.54) is 49.5 Å². The van der Waals surface area contributed by atoms with Crippen LogP contribution in [0.15, 0.2) is 71.6 Å². The van der Waals surface area contributed by atoms with Gasteiger partial charge in [-0.05, 0) is 68.7 Å². The minimum absolute atomic E-state index is 0.0608. The highest BCUT2D eigenvalue weighted by Gasteiger charge is 2.33. The highest BCUT2D eigenvalue weighted by Crippen LogP contribution is 2.33. The number of hydrogen-bond acceptors (Lipinski definition) is 6. The molecule has 2 amide bonds. The molecule has 3 aromatic rings. The number of halogens is 1. The molecule has 3 aromatic carbocycles. The second-order valence-corrected chi connectivity index (χ2v) is 13.3. The lowest BCUT2D eigenvalue weighted by atomic mass is 9.95. The van der Waals surface area contributed by atoms with Gasteiger partial charge < -0.3 is 19.7 Å². The Morgan fingerprint density at radius 3 is 2.27 bits per heavy atom. The van der Waals surface area contributed by atoms with Gasteiger partial charge in [-0.15, -0.1) is 0 Å². The number of carbonyl (C=O) groups excluding carboxylic acids is 2. The van der Waals surface area contributed by atoms with Crippen LogP contribution in [0.5, 0.6) is 11.5 Å². The fourth-order valence-electron chi connectivity index (χ4n) is 5.40. The first-order chi connectivity index (χ1) is 21.0. The monoisotopic (exact) mass is 641 g/mol. The van der Waals surface area contributed by atoms with Gasteiger partial charge in [-0.1, -0.05) is 60.7 Å². The van der Waals surface area contributed by atoms with Gasteiger partial charge >= 0.3 is 0 Å². The summed E-state index contributed by atoms with van der Waals surface area (Å²) in [5.41, 5.74) is 2.08. The lowest BCUT2D eigenvalue weighted by Crippen LogP contribution is -2.53. The molecule has 0 heterocycles. The Hall–Kier alpha value is -3.76. The summed E-state index contributed by atoms with van der Waals surface area (Å²) in [4.78, 5) is 29.0. The summed E-state index contributed by atoms with van der Waals surface area (Å²) in [7, 11) is -1.42. The third-order valence-electron chi connectivity index (χ3n) is 7.89. The van der Waals surface area contributed by atoms with Crippen LogP contribution < -0.4 is 19.1 Å². The van der Waals surface area contributed by atoms with E-state index in [2.05, 4.69) is 5.32 Å². The lowest BCUT2D eigenvalue weighted by Gasteiger charge is -2.33. The molecule has 44 heavy (non-hydrogen) atoms. The van der Waals surface area contributed by atoms with Crippen molar-refractivity contribution in [3.63, 3.8) is 0 Å². The van der Waals surface area contributed by atoms with Crippen molar-refractivity contribution in [3.05, 3.63) is 82.9 Å². The predicted octanol–water partition coefficient (Wildman–Crippen LogP) is 5.73. The Kier molecular flexibility index (Phi) is 11.2. The summed E-state index contributed by atoms with van der Waals surface area (Å²) in [5.74, 6) is -0.205. The van der Waals surface area contributed by atoms with Crippen molar-refractivity contribution in [2.75, 3.05) is 25.1 Å². The van der Waals surface area contributed by atoms with Crippen molar-refractivity contribution in [1.29, 1.82) is 0 Å². The molecule has 0 saturated heterocycles. The van der Waals surface area contributed by atoms with E-state index >= 15 is 0 Å². The summed E-state index contributed by atoms with van der Waals surface area (Å²) < 4.78 is 40.0. The number of ether oxygens (including phenoxy) is 2. The van der Waals surface area contributed by atoms with Crippen LogP contribution in [0.3, 0.4) is 0 Å². The molecule has 1 N–H and O–H groups in total. The number of hydrogen-bond donors (Lipinski definition) is 1. The van der Waals surface area contributed by atoms with Crippen LogP contribution in [0.1, 0.15) is 50.2 Å². The molecule has 0 aliphatic heterocycles. The quantitative estimate of drug-likeness (QED) is 0.271. The number of aryl methyl sites for hydroxylation is 1. The first kappa shape index (κ1) is 33.1. The summed E-state index contributed by atoms with van der Waals surface area (Å²) >= 11 is 6.12. The average Bonchev–Trinajstić information content (AvgIpc) is 3.02. The third-order valence-corrected chi connectivity index (χ3v) is 9.91. The zero-order valence-electron chi connectivity index (χ0n) is 25.6. The van der Waals surface area contributed by atoms with Crippen LogP contribution in [0.25, 0.3) is 0 Å². The van der Waals surface area contributed by atoms with E-state index in [0.29, 0.717) is 10.8 Å². The minimum atomic E-state index is -4.29. The van der Waals surface area contributed by atoms with Crippen LogP contribution in [-0.2, 0) is 26.2 Å². The fourth-order valence-corrected chi connectivity index (χ4v) is 6.95. The van der Waals surface area contributed by atoms with E-state index in [1.54, 1.807) is 19.1 Å². The van der Waals surface area contributed by atoms with Crippen LogP contribution in [0.4, 0.5) is 5.69 Å². The number of carbonyl (C=O) groups is 2. The summed E-state index contributed by atoms with van der Waals surface area (Å²) in [6, 6.07) is 17.3. The molecule has 11 heteroatoms. The van der Waals surface area contributed by atoms with Crippen LogP contribution in [-0.4, -0.2) is 58.0 Å². The number of amides is 2. The Morgan fingerprint density at radius 1 is 0.955 bits per heavy atom. The highest BCUT2D eigenvalue weighted by atomic mass is 35.5. The van der Waals surface area contributed by atoms with Gasteiger partial charge in [0, 0.05) is 23.7 Å². The molecule has 1 aliphatic carbocycles. The highest BCUT2D eigenvalue weighted by molar-refractivity contribution is 7.92. The van der Waals surface area contributed by atoms with Crippen molar-refractivity contribution in [3.8, 4) is 11.5 Å². The van der Waals surface area contributed by atoms with E-state index in [4.69, 9.17) is 21.1 Å². The predicted molar refractivity (Wildman–Crippen MR) is 172 cm³/mol. The van der Waals surface area contributed by atoms with E-state index in [1.807, 2.05) is 31.2 Å². The number of sulfonamides is 1. The van der Waals surface area contributed by atoms with Crippen LogP contribution in [0, 0.1) is 6.92 Å². The van der Waals surface area contributed by atoms with Crippen molar-refractivity contribution < 1.29 is 27.5 Å². The number of benzene rings is 3. The molecule has 9 nitrogen and oxygen atoms in total. The Balaban J connectivity index is 1.70. The van der Waals surface area contributed by atoms with Gasteiger partial charge in [-0.2, -0.15) is 0 Å². The Bertz CT molecular complexity index is 1560. The third kappa shape index (κ3) is 8.04. The molecule has 4 rings (SSSR count). The molecule has 0 spiro atoms. The zero-order chi connectivity index (χ0) is 31.9. The normalized spacial score (nSPS) is 14.4. The second-order valence-electron chi connectivity index (χ2n) is 11.0. The second kappa shape index (κ2) is 14.8. The van der Waals surface area contributed by atoms with Gasteiger partial charge in [-0.25, -0.2) is 8.42 Å². The van der Waals surface area contributed by atoms with Gasteiger partial charge in [0.05, 0.1) is 24.8 Å². The first-order valence-corrected chi connectivity index (χ1v) is 16.5. The van der Waals surface area contributed by atoms with Crippen molar-refractivity contribution in [2.24, 2.45) is 0 Å². The molecule has 1 aliphatic rings. The van der Waals surface area contributed by atoms with E-state index < -0.39 is 28.5 Å². The summed E-state index contributed by atoms with van der Waals surface area (Å²) in [5, 5.41) is 3.53. The maximum absolute atomic E-state index is 14.2. The van der Waals surface area contributed by atoms with Crippen molar-refractivity contribution in [1.82, 2.24) is 10.2 Å². The number of nitrogens with one attached hydrogen (secondary N) is 1. The molecular formula is C33H40ClN3O6S. The topological polar surface area (TPSA) is 105 Å². The number of rotatable bonds is 12. The van der Waals surface area contributed by atoms with Gasteiger partial charge in [0.1, 0.15) is 12.6 Å². The van der Waals surface area contributed by atoms with Gasteiger partial charge in [0.15, 0.2) is 11.5 Å². The van der Waals surface area contributed by atoms with Gasteiger partial charge in [-0.3, -0.25) is 13.9 Å². The average molecular weight is 642 g/mol. The van der Waals surface area contributed by atoms with Gasteiger partial charge in [0.25, 0.3) is 10.0 Å². The number of methoxy groups -OCH3 is 2. The molecule has 0 aromatic heterocycles. The van der Waals surface area contributed by atoms with Crippen molar-refractivity contribution in [2.45, 2.75) is 69.5 Å². The molecule has 236 valence electrons. The lowest BCUT2D eigenvalue weighted by molar-refractivity contribution is -0.139. The molecule has 1 atom stereocenters. The zero-order valence-corrected chi connectivity index (χ0v) is 27.2. The van der Waals surface area contributed by atoms with E-state index in [0.717, 1.165) is 47.5 Å². The Morgan fingerprint density at radius 2 is 1.64 bits per heavy atom. The molecule has 1 saturated carbocycles. The summed E-state index contributed by atoms with van der Waals surface area (Å²) in [6.07, 6.45) is 5.05. The standard InChI is InChI=1S/C33H40ClN3O6S/c1-23-9-8-10-25(19-23)21-36(24(2)33(39)35-27-11-6-5-7-12-27)32(38)22-37(28-15-13-26(34)14-16-28)44(40,41)29-17-18-30(42-3)31(20-29)43-4/h8-10,13-20,24,27H,5-7,11-12,21-22H2,1-4H3,(H,35,39)/t24-/m0/s1. The van der Waals surface area contributed by atoms with Crippen LogP contribution >= 0.6 is 11.6 Å². The molecule has 0 bridgehead atoms. The smallest absolute Gasteiger partial charge is 0.264 e. The molecular weight excluding hydrogens is 602 g/mol. The molecule has 1 fully saturated rings. The maximum Gasteiger partial charge on any atom is 0.264 e. The Labute approximate surface area is 265 Å². The van der Waals surface area contributed by atoms with E-state index in [9.17, 15) is 18.0 Å². The van der Waals surface area contributed by atoms with Crippen LogP contribution in [0.2, 0.25) is 5.02 Å². The SMILES string of the molecule is COc1ccc(S(=O)(=O)N(CC(=O)N(Cc2cccc(C)c2)[C@@H](C)C(=O)NC2CCCCC2)c2ccc(Cl)cc2)cc1OC. The van der Waals surface area contributed by atoms with Gasteiger partial charge in [0.2, 0.25) is 11.8 Å². The molecule has 0 radical (unpaired) electrons. The molecule has 0 unspecified atom stereocenters. The fraction of sp³-hybridized carbons (Fsp3) is 0.394. The largest absolute Gasteiger partial charge is 0.493 e. The first-order valence-electron chi connectivity index (χ1n) is 14.7. The van der Waals surface area contributed by atoms with Crippen molar-refractivity contribution >= 4 is 39.1 Å². The minimum Gasteiger partial charge on any atom is -0.493 e. The number of nitrogens with zero attached hydrogens (tertiary/aromatic N) is 2. The number of anilines is 1. The summed E-state index contributed by atoms with van der Waals surface area (Å²) in [6.45, 7) is 3.21.